The molecule has 4 aromatic rings. The van der Waals surface area contributed by atoms with Crippen molar-refractivity contribution in [2.45, 2.75) is 31.8 Å². The Hall–Kier alpha value is -3.53. The van der Waals surface area contributed by atoms with Crippen LogP contribution in [0.1, 0.15) is 29.8 Å². The molecule has 0 aliphatic carbocycles. The van der Waals surface area contributed by atoms with Crippen molar-refractivity contribution in [1.29, 1.82) is 0 Å². The highest BCUT2D eigenvalue weighted by Crippen LogP contribution is 2.24. The maximum atomic E-state index is 13.2. The lowest BCUT2D eigenvalue weighted by molar-refractivity contribution is 0.0997. The van der Waals surface area contributed by atoms with Gasteiger partial charge in [-0.05, 0) is 55.0 Å². The highest BCUT2D eigenvalue weighted by Gasteiger charge is 2.23. The Morgan fingerprint density at radius 2 is 1.81 bits per heavy atom. The zero-order chi connectivity index (χ0) is 26.4. The van der Waals surface area contributed by atoms with Crippen molar-refractivity contribution in [3.05, 3.63) is 101 Å². The fourth-order valence-corrected chi connectivity index (χ4v) is 6.43. The average molecular weight is 536 g/mol. The van der Waals surface area contributed by atoms with Gasteiger partial charge < -0.3 is 9.30 Å². The van der Waals surface area contributed by atoms with Crippen molar-refractivity contribution in [3.63, 3.8) is 0 Å². The first-order valence-electron chi connectivity index (χ1n) is 12.0. The highest BCUT2D eigenvalue weighted by atomic mass is 32.2. The summed E-state index contributed by atoms with van der Waals surface area (Å²) in [6.07, 6.45) is 1.75. The van der Waals surface area contributed by atoms with E-state index < -0.39 is 15.9 Å². The Morgan fingerprint density at radius 3 is 2.46 bits per heavy atom. The molecule has 0 atom stereocenters. The molecule has 37 heavy (non-hydrogen) atoms. The largest absolute Gasteiger partial charge is 0.494 e. The maximum absolute atomic E-state index is 13.2. The predicted octanol–water partition coefficient (Wildman–Crippen LogP) is 5.24. The number of thiazole rings is 1. The molecule has 9 heteroatoms. The summed E-state index contributed by atoms with van der Waals surface area (Å²) < 4.78 is 36.3. The van der Waals surface area contributed by atoms with E-state index in [1.165, 1.54) is 39.9 Å². The van der Waals surface area contributed by atoms with Gasteiger partial charge in [0.15, 0.2) is 4.80 Å². The van der Waals surface area contributed by atoms with Crippen LogP contribution in [0.15, 0.2) is 95.3 Å². The summed E-state index contributed by atoms with van der Waals surface area (Å²) in [6.45, 7) is 9.20. The summed E-state index contributed by atoms with van der Waals surface area (Å²) in [5.74, 6) is 0.306. The number of hydrogen-bond donors (Lipinski definition) is 0. The van der Waals surface area contributed by atoms with E-state index in [9.17, 15) is 13.2 Å². The lowest BCUT2D eigenvalue weighted by atomic mass is 10.2. The number of aromatic nitrogens is 1. The molecule has 0 aliphatic heterocycles. The molecule has 3 aromatic carbocycles. The van der Waals surface area contributed by atoms with Gasteiger partial charge in [0.1, 0.15) is 5.75 Å². The maximum Gasteiger partial charge on any atom is 0.279 e. The molecular weight excluding hydrogens is 506 g/mol. The number of amides is 1. The van der Waals surface area contributed by atoms with Gasteiger partial charge in [-0.1, -0.05) is 54.7 Å². The normalized spacial score (nSPS) is 12.2. The molecule has 192 valence electrons. The van der Waals surface area contributed by atoms with Gasteiger partial charge in [-0.2, -0.15) is 9.30 Å². The summed E-state index contributed by atoms with van der Waals surface area (Å²) in [4.78, 5) is 18.0. The molecule has 0 spiro atoms. The zero-order valence-corrected chi connectivity index (χ0v) is 22.5. The molecule has 1 aromatic heterocycles. The number of allylic oxidation sites excluding steroid dienone is 1. The van der Waals surface area contributed by atoms with E-state index in [-0.39, 0.29) is 11.4 Å². The van der Waals surface area contributed by atoms with Crippen molar-refractivity contribution in [3.8, 4) is 5.75 Å². The quantitative estimate of drug-likeness (QED) is 0.260. The van der Waals surface area contributed by atoms with E-state index >= 15 is 0 Å². The minimum atomic E-state index is -3.72. The number of ether oxygens (including phenoxy) is 1. The van der Waals surface area contributed by atoms with E-state index in [0.717, 1.165) is 21.5 Å². The second kappa shape index (κ2) is 11.7. The van der Waals surface area contributed by atoms with Crippen LogP contribution in [0.25, 0.3) is 10.2 Å². The third kappa shape index (κ3) is 5.90. The van der Waals surface area contributed by atoms with Gasteiger partial charge in [-0.25, -0.2) is 8.42 Å². The third-order valence-corrected chi connectivity index (χ3v) is 8.74. The first kappa shape index (κ1) is 26.5. The molecule has 1 heterocycles. The topological polar surface area (TPSA) is 81.0 Å². The summed E-state index contributed by atoms with van der Waals surface area (Å²) in [5.41, 5.74) is 2.14. The second-order valence-electron chi connectivity index (χ2n) is 8.20. The first-order valence-corrected chi connectivity index (χ1v) is 14.2. The van der Waals surface area contributed by atoms with Crippen molar-refractivity contribution in [2.24, 2.45) is 4.99 Å². The van der Waals surface area contributed by atoms with Crippen LogP contribution >= 0.6 is 11.3 Å². The Bertz CT molecular complexity index is 1570. The number of benzene rings is 3. The highest BCUT2D eigenvalue weighted by molar-refractivity contribution is 7.89. The lowest BCUT2D eigenvalue weighted by Gasteiger charge is -2.20. The summed E-state index contributed by atoms with van der Waals surface area (Å²) in [7, 11) is -3.72. The van der Waals surface area contributed by atoms with Crippen LogP contribution < -0.4 is 9.54 Å². The van der Waals surface area contributed by atoms with Gasteiger partial charge >= 0.3 is 0 Å². The number of rotatable bonds is 10. The molecule has 0 bridgehead atoms. The molecule has 4 rings (SSSR count). The van der Waals surface area contributed by atoms with Crippen LogP contribution in [0, 0.1) is 0 Å². The molecule has 0 saturated heterocycles. The second-order valence-corrected chi connectivity index (χ2v) is 11.2. The van der Waals surface area contributed by atoms with Gasteiger partial charge in [0.05, 0.1) is 21.7 Å². The Labute approximate surface area is 221 Å². The van der Waals surface area contributed by atoms with Crippen molar-refractivity contribution >= 4 is 37.5 Å². The van der Waals surface area contributed by atoms with E-state index in [4.69, 9.17) is 4.74 Å². The Balaban J connectivity index is 1.62. The van der Waals surface area contributed by atoms with Gasteiger partial charge in [-0.3, -0.25) is 4.79 Å². The molecular formula is C28H29N3O4S2. The van der Waals surface area contributed by atoms with Crippen molar-refractivity contribution in [1.82, 2.24) is 8.87 Å². The van der Waals surface area contributed by atoms with Crippen LogP contribution in [0.4, 0.5) is 0 Å². The number of sulfonamides is 1. The van der Waals surface area contributed by atoms with E-state index in [0.29, 0.717) is 30.1 Å². The molecule has 0 unspecified atom stereocenters. The van der Waals surface area contributed by atoms with Crippen LogP contribution in [0.5, 0.6) is 5.75 Å². The van der Waals surface area contributed by atoms with Crippen molar-refractivity contribution in [2.75, 3.05) is 13.2 Å². The van der Waals surface area contributed by atoms with Gasteiger partial charge in [0.25, 0.3) is 5.91 Å². The number of nitrogens with zero attached hydrogens (tertiary/aromatic N) is 3. The van der Waals surface area contributed by atoms with Crippen LogP contribution in [0.2, 0.25) is 0 Å². The number of fused-ring (bicyclic) bond motifs is 1. The third-order valence-electron chi connectivity index (χ3n) is 5.77. The lowest BCUT2D eigenvalue weighted by Crippen LogP contribution is -2.30. The number of carbonyl (C=O) groups is 1. The zero-order valence-electron chi connectivity index (χ0n) is 20.8. The molecule has 0 N–H and O–H groups in total. The van der Waals surface area contributed by atoms with Gasteiger partial charge in [-0.15, -0.1) is 6.58 Å². The average Bonchev–Trinajstić information content (AvgIpc) is 3.24. The SMILES string of the molecule is C=CCn1c(=NC(=O)c2ccc(S(=O)(=O)N(CC)Cc3ccccc3)cc2)sc2cc(OCC)ccc21. The smallest absolute Gasteiger partial charge is 0.279 e. The summed E-state index contributed by atoms with van der Waals surface area (Å²) >= 11 is 1.39. The predicted molar refractivity (Wildman–Crippen MR) is 147 cm³/mol. The molecule has 1 amide bonds. The van der Waals surface area contributed by atoms with Gasteiger partial charge in [0.2, 0.25) is 10.0 Å². The number of hydrogen-bond acceptors (Lipinski definition) is 5. The molecule has 0 radical (unpaired) electrons. The minimum absolute atomic E-state index is 0.133. The Morgan fingerprint density at radius 1 is 1.08 bits per heavy atom. The monoisotopic (exact) mass is 535 g/mol. The number of carbonyl (C=O) groups excluding carboxylic acids is 1. The van der Waals surface area contributed by atoms with Crippen LogP contribution in [-0.2, 0) is 23.1 Å². The first-order chi connectivity index (χ1) is 17.9. The van der Waals surface area contributed by atoms with Crippen LogP contribution in [-0.4, -0.2) is 36.3 Å². The van der Waals surface area contributed by atoms with Crippen molar-refractivity contribution < 1.29 is 17.9 Å². The van der Waals surface area contributed by atoms with Crippen LogP contribution in [0.3, 0.4) is 0 Å². The minimum Gasteiger partial charge on any atom is -0.494 e. The van der Waals surface area contributed by atoms with Gasteiger partial charge in [0, 0.05) is 25.2 Å². The van der Waals surface area contributed by atoms with E-state index in [2.05, 4.69) is 11.6 Å². The molecule has 0 aliphatic rings. The molecule has 0 fully saturated rings. The summed E-state index contributed by atoms with van der Waals surface area (Å²) in [6, 6.07) is 21.1. The standard InChI is InChI=1S/C28H29N3O4S2/c1-4-18-31-25-17-14-23(35-6-3)19-26(25)36-28(31)29-27(32)22-12-15-24(16-13-22)37(33,34)30(5-2)20-21-10-8-7-9-11-21/h4,7-17,19H,1,5-6,18,20H2,2-3H3. The van der Waals surface area contributed by atoms with E-state index in [1.807, 2.05) is 60.0 Å². The summed E-state index contributed by atoms with van der Waals surface area (Å²) in [5, 5.41) is 0. The molecule has 0 saturated carbocycles. The van der Waals surface area contributed by atoms with E-state index in [1.54, 1.807) is 13.0 Å². The Kier molecular flexibility index (Phi) is 8.38. The fraction of sp³-hybridized carbons (Fsp3) is 0.214. The fourth-order valence-electron chi connectivity index (χ4n) is 3.92. The molecule has 7 nitrogen and oxygen atoms in total.